The van der Waals surface area contributed by atoms with Gasteiger partial charge in [0, 0.05) is 18.3 Å². The molecule has 4 saturated heterocycles. The largest absolute Gasteiger partial charge is 0.318 e. The maximum atomic E-state index is 12.4. The number of fused-ring (bicyclic) bond motifs is 2. The lowest BCUT2D eigenvalue weighted by Crippen LogP contribution is -2.74. The van der Waals surface area contributed by atoms with Gasteiger partial charge in [0.1, 0.15) is 0 Å². The van der Waals surface area contributed by atoms with Crippen molar-refractivity contribution in [1.82, 2.24) is 5.06 Å². The molecule has 1 aliphatic carbocycles. The van der Waals surface area contributed by atoms with Gasteiger partial charge in [-0.2, -0.15) is 5.06 Å². The topological polar surface area (TPSA) is 68.2 Å². The molecule has 6 heteroatoms. The average Bonchev–Trinajstić information content (AvgIpc) is 2.69. The van der Waals surface area contributed by atoms with E-state index in [0.717, 1.165) is 24.3 Å². The number of hydrogen-bond acceptors (Lipinski definition) is 5. The molecule has 0 aromatic heterocycles. The molecule has 5 fully saturated rings. The predicted molar refractivity (Wildman–Crippen MR) is 70.6 cm³/mol. The van der Waals surface area contributed by atoms with Gasteiger partial charge in [-0.3, -0.25) is 10.0 Å². The molecule has 5 rings (SSSR count). The monoisotopic (exact) mass is 297 g/mol. The molecule has 1 unspecified atom stereocenters. The van der Waals surface area contributed by atoms with Gasteiger partial charge >= 0.3 is 0 Å². The zero-order valence-corrected chi connectivity index (χ0v) is 12.7. The third kappa shape index (κ3) is 1.59. The summed E-state index contributed by atoms with van der Waals surface area (Å²) in [7, 11) is 0. The van der Waals surface area contributed by atoms with Gasteiger partial charge in [-0.25, -0.2) is 9.78 Å². The van der Waals surface area contributed by atoms with Crippen LogP contribution in [0.1, 0.15) is 46.5 Å². The summed E-state index contributed by atoms with van der Waals surface area (Å²) >= 11 is 0. The Balaban J connectivity index is 1.87. The van der Waals surface area contributed by atoms with Crippen molar-refractivity contribution in [2.45, 2.75) is 64.1 Å². The van der Waals surface area contributed by atoms with Crippen LogP contribution in [0.3, 0.4) is 0 Å². The summed E-state index contributed by atoms with van der Waals surface area (Å²) in [5, 5.41) is 11.1. The molecule has 1 spiro atoms. The highest BCUT2D eigenvalue weighted by atomic mass is 17.3. The van der Waals surface area contributed by atoms with E-state index in [2.05, 4.69) is 6.92 Å². The van der Waals surface area contributed by atoms with Crippen LogP contribution in [0.15, 0.2) is 0 Å². The zero-order valence-electron chi connectivity index (χ0n) is 12.7. The van der Waals surface area contributed by atoms with Gasteiger partial charge in [0.2, 0.25) is 5.79 Å². The van der Waals surface area contributed by atoms with Crippen molar-refractivity contribution in [1.29, 1.82) is 0 Å². The Morgan fingerprint density at radius 2 is 1.95 bits per heavy atom. The Bertz CT molecular complexity index is 485. The first-order valence-corrected chi connectivity index (χ1v) is 7.96. The van der Waals surface area contributed by atoms with Gasteiger partial charge < -0.3 is 4.74 Å². The van der Waals surface area contributed by atoms with Crippen molar-refractivity contribution < 1.29 is 24.5 Å². The van der Waals surface area contributed by atoms with E-state index in [1.165, 1.54) is 0 Å². The van der Waals surface area contributed by atoms with E-state index in [4.69, 9.17) is 14.5 Å². The van der Waals surface area contributed by atoms with E-state index in [9.17, 15) is 10.0 Å². The summed E-state index contributed by atoms with van der Waals surface area (Å²) in [6.07, 6.45) is 2.86. The van der Waals surface area contributed by atoms with Gasteiger partial charge in [-0.1, -0.05) is 13.8 Å². The van der Waals surface area contributed by atoms with Crippen LogP contribution in [-0.2, 0) is 19.3 Å². The van der Waals surface area contributed by atoms with Crippen molar-refractivity contribution >= 4 is 5.91 Å². The number of rotatable bonds is 0. The lowest BCUT2D eigenvalue weighted by molar-refractivity contribution is -0.558. The highest BCUT2D eigenvalue weighted by Crippen LogP contribution is 2.59. The summed E-state index contributed by atoms with van der Waals surface area (Å²) < 4.78 is 6.02. The van der Waals surface area contributed by atoms with Crippen LogP contribution in [0.5, 0.6) is 0 Å². The van der Waals surface area contributed by atoms with Crippen LogP contribution < -0.4 is 0 Å². The molecule has 4 aliphatic heterocycles. The number of nitrogens with zero attached hydrogens (tertiary/aromatic N) is 1. The van der Waals surface area contributed by atoms with Crippen LogP contribution in [0.4, 0.5) is 0 Å². The fourth-order valence-electron chi connectivity index (χ4n) is 5.03. The highest BCUT2D eigenvalue weighted by molar-refractivity contribution is 5.79. The quantitative estimate of drug-likeness (QED) is 0.547. The second-order valence-corrected chi connectivity index (χ2v) is 7.40. The lowest BCUT2D eigenvalue weighted by atomic mass is 9.57. The van der Waals surface area contributed by atoms with Gasteiger partial charge in [-0.05, 0) is 38.0 Å². The molecule has 0 radical (unpaired) electrons. The van der Waals surface area contributed by atoms with E-state index in [0.29, 0.717) is 12.3 Å². The van der Waals surface area contributed by atoms with E-state index in [-0.39, 0.29) is 23.7 Å². The van der Waals surface area contributed by atoms with Gasteiger partial charge in [0.15, 0.2) is 11.8 Å². The second-order valence-electron chi connectivity index (χ2n) is 7.40. The predicted octanol–water partition coefficient (Wildman–Crippen LogP) is 2.07. The molecule has 2 bridgehead atoms. The van der Waals surface area contributed by atoms with Crippen LogP contribution >= 0.6 is 0 Å². The summed E-state index contributed by atoms with van der Waals surface area (Å²) in [5.41, 5.74) is -0.740. The molecule has 0 aromatic rings. The molecule has 1 amide bonds. The lowest BCUT2D eigenvalue weighted by Gasteiger charge is -2.60. The molecule has 5 aliphatic rings. The van der Waals surface area contributed by atoms with Crippen molar-refractivity contribution in [2.75, 3.05) is 0 Å². The number of amides is 1. The summed E-state index contributed by atoms with van der Waals surface area (Å²) in [6.45, 7) is 5.91. The Kier molecular flexibility index (Phi) is 2.78. The molecule has 6 nitrogen and oxygen atoms in total. The molecule has 1 saturated carbocycles. The third-order valence-electron chi connectivity index (χ3n) is 6.24. The molecule has 7 atom stereocenters. The van der Waals surface area contributed by atoms with Crippen LogP contribution in [0.25, 0.3) is 0 Å². The van der Waals surface area contributed by atoms with Crippen LogP contribution in [-0.4, -0.2) is 33.8 Å². The van der Waals surface area contributed by atoms with E-state index < -0.39 is 17.6 Å². The molecule has 21 heavy (non-hydrogen) atoms. The minimum Gasteiger partial charge on any atom is -0.318 e. The SMILES string of the molecule is C[C@@H]1CC[C@H]2[C@@H](C)C(=O)N(O)C3O[C@@]4(C)CC[C@@H]1[C@]32OO4. The molecule has 0 aromatic carbocycles. The maximum absolute atomic E-state index is 12.4. The Morgan fingerprint density at radius 3 is 2.71 bits per heavy atom. The summed E-state index contributed by atoms with van der Waals surface area (Å²) in [5.74, 6) is -0.720. The number of carbonyl (C=O) groups excluding carboxylic acids is 1. The minimum atomic E-state index is -0.890. The van der Waals surface area contributed by atoms with Crippen molar-refractivity contribution in [3.63, 3.8) is 0 Å². The maximum Gasteiger partial charge on any atom is 0.251 e. The number of ether oxygens (including phenoxy) is 1. The molecule has 118 valence electrons. The van der Waals surface area contributed by atoms with Crippen LogP contribution in [0, 0.1) is 23.7 Å². The van der Waals surface area contributed by atoms with Crippen molar-refractivity contribution in [3.05, 3.63) is 0 Å². The Morgan fingerprint density at radius 1 is 1.19 bits per heavy atom. The first kappa shape index (κ1) is 13.9. The van der Waals surface area contributed by atoms with Gasteiger partial charge in [0.05, 0.1) is 0 Å². The Labute approximate surface area is 124 Å². The summed E-state index contributed by atoms with van der Waals surface area (Å²) in [6, 6.07) is 0. The average molecular weight is 297 g/mol. The van der Waals surface area contributed by atoms with Gasteiger partial charge in [-0.15, -0.1) is 0 Å². The molecule has 1 N–H and O–H groups in total. The van der Waals surface area contributed by atoms with E-state index >= 15 is 0 Å². The van der Waals surface area contributed by atoms with Crippen LogP contribution in [0.2, 0.25) is 0 Å². The van der Waals surface area contributed by atoms with E-state index in [1.54, 1.807) is 0 Å². The number of piperidine rings is 1. The number of hydroxylamine groups is 2. The zero-order chi connectivity index (χ0) is 15.0. The first-order chi connectivity index (χ1) is 9.89. The third-order valence-corrected chi connectivity index (χ3v) is 6.24. The Hall–Kier alpha value is -0.690. The smallest absolute Gasteiger partial charge is 0.251 e. The standard InChI is InChI=1S/C15H23NO5/c1-8-4-5-11-9(2)12(17)16(18)13-15(11)10(8)6-7-14(3,19-13)20-21-15/h8-11,13,18H,4-7H2,1-3H3/t8-,9-,10+,11+,13?,14-,15-/m1/s1. The van der Waals surface area contributed by atoms with E-state index in [1.807, 2.05) is 13.8 Å². The van der Waals surface area contributed by atoms with Gasteiger partial charge in [0.25, 0.3) is 5.91 Å². The second kappa shape index (κ2) is 4.19. The first-order valence-electron chi connectivity index (χ1n) is 7.96. The number of carbonyl (C=O) groups is 1. The summed E-state index contributed by atoms with van der Waals surface area (Å²) in [4.78, 5) is 23.9. The normalized spacial score (nSPS) is 56.1. The molecular formula is C15H23NO5. The fourth-order valence-corrected chi connectivity index (χ4v) is 5.03. The fraction of sp³-hybridized carbons (Fsp3) is 0.933. The highest BCUT2D eigenvalue weighted by Gasteiger charge is 2.70. The van der Waals surface area contributed by atoms with Crippen molar-refractivity contribution in [3.8, 4) is 0 Å². The molecule has 4 heterocycles. The van der Waals surface area contributed by atoms with Crippen molar-refractivity contribution in [2.24, 2.45) is 23.7 Å². The number of hydrogen-bond donors (Lipinski definition) is 1. The minimum absolute atomic E-state index is 0.0299. The molecular weight excluding hydrogens is 274 g/mol.